The van der Waals surface area contributed by atoms with Crippen LogP contribution in [0.2, 0.25) is 5.02 Å². The van der Waals surface area contributed by atoms with Gasteiger partial charge in [-0.05, 0) is 48.5 Å². The number of nitrogens with one attached hydrogen (secondary N) is 2. The summed E-state index contributed by atoms with van der Waals surface area (Å²) in [6.07, 6.45) is 0.203. The zero-order chi connectivity index (χ0) is 22.3. The van der Waals surface area contributed by atoms with Crippen molar-refractivity contribution in [2.24, 2.45) is 4.40 Å². The van der Waals surface area contributed by atoms with Gasteiger partial charge in [0.05, 0.1) is 30.6 Å². The molecule has 2 N–H and O–H groups in total. The van der Waals surface area contributed by atoms with Gasteiger partial charge in [0.1, 0.15) is 16.4 Å². The third-order valence-electron chi connectivity index (χ3n) is 4.17. The molecule has 0 aromatic heterocycles. The molecule has 0 radical (unpaired) electrons. The monoisotopic (exact) mass is 469 g/mol. The van der Waals surface area contributed by atoms with Crippen LogP contribution in [-0.4, -0.2) is 47.3 Å². The molecule has 0 atom stereocenters. The second kappa shape index (κ2) is 10.4. The molecule has 11 heteroatoms. The first-order valence-corrected chi connectivity index (χ1v) is 10.8. The number of carbonyl (C=O) groups excluding carboxylic acids is 1. The van der Waals surface area contributed by atoms with Crippen molar-refractivity contribution in [3.8, 4) is 11.5 Å². The Bertz CT molecular complexity index is 1100. The average Bonchev–Trinajstić information content (AvgIpc) is 2.72. The van der Waals surface area contributed by atoms with Crippen LogP contribution in [-0.2, 0) is 16.4 Å². The van der Waals surface area contributed by atoms with Crippen molar-refractivity contribution >= 4 is 50.6 Å². The van der Waals surface area contributed by atoms with Crippen LogP contribution in [0.3, 0.4) is 0 Å². The summed E-state index contributed by atoms with van der Waals surface area (Å²) in [5.74, 6) is 0.294. The van der Waals surface area contributed by atoms with Crippen LogP contribution in [0.5, 0.6) is 11.5 Å². The molecular weight excluding hydrogens is 450 g/mol. The van der Waals surface area contributed by atoms with Crippen LogP contribution in [0.4, 0.5) is 5.69 Å². The number of nitrogens with zero attached hydrogens (tertiary/aromatic N) is 1. The van der Waals surface area contributed by atoms with E-state index in [4.69, 9.17) is 21.1 Å². The number of hydrogen-bond donors (Lipinski definition) is 2. The largest absolute Gasteiger partial charge is 0.496 e. The van der Waals surface area contributed by atoms with Gasteiger partial charge in [0, 0.05) is 18.6 Å². The highest BCUT2D eigenvalue weighted by Gasteiger charge is 2.25. The van der Waals surface area contributed by atoms with Crippen molar-refractivity contribution in [1.29, 1.82) is 0 Å². The van der Waals surface area contributed by atoms with Gasteiger partial charge in [0.15, 0.2) is 0 Å². The lowest BCUT2D eigenvalue weighted by Gasteiger charge is -2.16. The Hall–Kier alpha value is -2.65. The van der Waals surface area contributed by atoms with Gasteiger partial charge in [-0.25, -0.2) is 0 Å². The molecule has 0 aliphatic carbocycles. The molecule has 160 valence electrons. The molecule has 0 bridgehead atoms. The summed E-state index contributed by atoms with van der Waals surface area (Å²) in [4.78, 5) is 12.4. The molecular formula is C19H20ClN3O5S2. The van der Waals surface area contributed by atoms with E-state index in [1.165, 1.54) is 20.3 Å². The van der Waals surface area contributed by atoms with Gasteiger partial charge in [-0.1, -0.05) is 17.7 Å². The number of halogens is 1. The predicted octanol–water partition coefficient (Wildman–Crippen LogP) is 3.16. The standard InChI is InChI=1S/C19H20ClN3O5S2/c1-21-17-16(28-3)6-4-12(18(17)30(25,26)23-11-29)8-9-22-19(24)14-10-13(20)5-7-15(14)27-2/h4-7,10,21H,8-9H2,1-3H3,(H,22,24). The Morgan fingerprint density at radius 3 is 2.47 bits per heavy atom. The van der Waals surface area contributed by atoms with Gasteiger partial charge in [-0.2, -0.15) is 8.42 Å². The summed E-state index contributed by atoms with van der Waals surface area (Å²) in [5.41, 5.74) is 0.938. The first-order chi connectivity index (χ1) is 14.3. The number of methoxy groups -OCH3 is 2. The number of benzene rings is 2. The van der Waals surface area contributed by atoms with Gasteiger partial charge in [-0.15, -0.1) is 4.40 Å². The van der Waals surface area contributed by atoms with E-state index in [1.54, 1.807) is 31.3 Å². The number of sulfonamides is 1. The van der Waals surface area contributed by atoms with Crippen LogP contribution in [0.25, 0.3) is 0 Å². The van der Waals surface area contributed by atoms with Crippen molar-refractivity contribution in [3.63, 3.8) is 0 Å². The Morgan fingerprint density at radius 1 is 1.20 bits per heavy atom. The highest BCUT2D eigenvalue weighted by molar-refractivity contribution is 7.91. The van der Waals surface area contributed by atoms with Crippen molar-refractivity contribution in [1.82, 2.24) is 5.32 Å². The number of ether oxygens (including phenoxy) is 2. The maximum absolute atomic E-state index is 12.6. The first-order valence-electron chi connectivity index (χ1n) is 8.62. The SMILES string of the molecule is CNc1c(OC)ccc(CCNC(=O)c2cc(Cl)ccc2OC)c1S(=O)(=O)N=C=S. The van der Waals surface area contributed by atoms with Crippen LogP contribution in [0, 0.1) is 0 Å². The van der Waals surface area contributed by atoms with Gasteiger partial charge < -0.3 is 20.1 Å². The summed E-state index contributed by atoms with van der Waals surface area (Å²) in [7, 11) is 0.319. The average molecular weight is 470 g/mol. The normalized spacial score (nSPS) is 10.7. The molecule has 2 aromatic rings. The maximum atomic E-state index is 12.6. The summed E-state index contributed by atoms with van der Waals surface area (Å²) in [6, 6.07) is 7.92. The Kier molecular flexibility index (Phi) is 8.19. The Balaban J connectivity index is 2.32. The topological polar surface area (TPSA) is 106 Å². The lowest BCUT2D eigenvalue weighted by atomic mass is 10.1. The van der Waals surface area contributed by atoms with Crippen LogP contribution >= 0.6 is 23.8 Å². The second-order valence-electron chi connectivity index (χ2n) is 5.89. The predicted molar refractivity (Wildman–Crippen MR) is 119 cm³/mol. The second-order valence-corrected chi connectivity index (χ2v) is 8.05. The minimum Gasteiger partial charge on any atom is -0.496 e. The number of isothiocyanates is 1. The molecule has 0 aliphatic rings. The molecule has 1 amide bonds. The van der Waals surface area contributed by atoms with Crippen molar-refractivity contribution < 1.29 is 22.7 Å². The van der Waals surface area contributed by atoms with Crippen LogP contribution < -0.4 is 20.1 Å². The highest BCUT2D eigenvalue weighted by Crippen LogP contribution is 2.35. The minimum absolute atomic E-state index is 0.0868. The highest BCUT2D eigenvalue weighted by atomic mass is 35.5. The number of carbonyl (C=O) groups is 1. The minimum atomic E-state index is -4.12. The molecule has 0 aliphatic heterocycles. The molecule has 30 heavy (non-hydrogen) atoms. The van der Waals surface area contributed by atoms with E-state index in [9.17, 15) is 13.2 Å². The zero-order valence-corrected chi connectivity index (χ0v) is 18.9. The number of anilines is 1. The quantitative estimate of drug-likeness (QED) is 0.429. The molecule has 0 saturated carbocycles. The van der Waals surface area contributed by atoms with Crippen molar-refractivity contribution in [2.75, 3.05) is 33.1 Å². The Morgan fingerprint density at radius 2 is 1.87 bits per heavy atom. The van der Waals surface area contributed by atoms with E-state index in [1.807, 2.05) is 5.16 Å². The fourth-order valence-corrected chi connectivity index (χ4v) is 4.48. The van der Waals surface area contributed by atoms with E-state index in [0.717, 1.165) is 0 Å². The summed E-state index contributed by atoms with van der Waals surface area (Å²) in [5, 5.41) is 7.84. The lowest BCUT2D eigenvalue weighted by molar-refractivity contribution is 0.0951. The van der Waals surface area contributed by atoms with E-state index in [0.29, 0.717) is 22.1 Å². The molecule has 2 rings (SSSR count). The molecule has 0 unspecified atom stereocenters. The fourth-order valence-electron chi connectivity index (χ4n) is 2.86. The summed E-state index contributed by atoms with van der Waals surface area (Å²) < 4.78 is 39.0. The van der Waals surface area contributed by atoms with Crippen LogP contribution in [0.1, 0.15) is 15.9 Å². The molecule has 0 saturated heterocycles. The number of hydrogen-bond acceptors (Lipinski definition) is 7. The van der Waals surface area contributed by atoms with E-state index >= 15 is 0 Å². The Labute approximate surface area is 185 Å². The lowest BCUT2D eigenvalue weighted by Crippen LogP contribution is -2.26. The number of rotatable bonds is 9. The molecule has 0 heterocycles. The van der Waals surface area contributed by atoms with E-state index < -0.39 is 15.9 Å². The summed E-state index contributed by atoms with van der Waals surface area (Å²) >= 11 is 10.4. The van der Waals surface area contributed by atoms with Crippen molar-refractivity contribution in [3.05, 3.63) is 46.5 Å². The van der Waals surface area contributed by atoms with Crippen LogP contribution in [0.15, 0.2) is 39.6 Å². The molecule has 0 spiro atoms. The van der Waals surface area contributed by atoms with E-state index in [-0.39, 0.29) is 29.1 Å². The first kappa shape index (κ1) is 23.6. The van der Waals surface area contributed by atoms with Gasteiger partial charge >= 0.3 is 0 Å². The third kappa shape index (κ3) is 5.28. The van der Waals surface area contributed by atoms with Gasteiger partial charge in [0.25, 0.3) is 15.9 Å². The third-order valence-corrected chi connectivity index (χ3v) is 5.93. The maximum Gasteiger partial charge on any atom is 0.293 e. The molecule has 8 nitrogen and oxygen atoms in total. The van der Waals surface area contributed by atoms with E-state index in [2.05, 4.69) is 27.2 Å². The summed E-state index contributed by atoms with van der Waals surface area (Å²) in [6.45, 7) is 0.147. The number of amides is 1. The zero-order valence-electron chi connectivity index (χ0n) is 16.5. The smallest absolute Gasteiger partial charge is 0.293 e. The van der Waals surface area contributed by atoms with Gasteiger partial charge in [0.2, 0.25) is 0 Å². The van der Waals surface area contributed by atoms with Gasteiger partial charge in [-0.3, -0.25) is 4.79 Å². The van der Waals surface area contributed by atoms with Crippen molar-refractivity contribution in [2.45, 2.75) is 11.3 Å². The fraction of sp³-hybridized carbons (Fsp3) is 0.263. The molecule has 0 fully saturated rings. The molecule has 2 aromatic carbocycles. The number of thiocarbonyl (C=S) groups is 1.